The zero-order valence-corrected chi connectivity index (χ0v) is 11.1. The number of para-hydroxylation sites is 1. The number of fused-ring (bicyclic) bond motifs is 1. The second kappa shape index (κ2) is 4.45. The van der Waals surface area contributed by atoms with Gasteiger partial charge in [0.05, 0.1) is 11.4 Å². The molecule has 5 nitrogen and oxygen atoms in total. The highest BCUT2D eigenvalue weighted by Gasteiger charge is 2.18. The molecule has 0 aliphatic rings. The van der Waals surface area contributed by atoms with E-state index in [9.17, 15) is 9.59 Å². The normalized spacial score (nSPS) is 10.9. The van der Waals surface area contributed by atoms with Crippen LogP contribution in [0.25, 0.3) is 16.8 Å². The monoisotopic (exact) mass is 268 g/mol. The van der Waals surface area contributed by atoms with Gasteiger partial charge in [0.25, 0.3) is 0 Å². The van der Waals surface area contributed by atoms with Crippen LogP contribution in [0, 0.1) is 6.92 Å². The van der Waals surface area contributed by atoms with E-state index in [0.717, 1.165) is 5.69 Å². The summed E-state index contributed by atoms with van der Waals surface area (Å²) in [4.78, 5) is 23.7. The van der Waals surface area contributed by atoms with Gasteiger partial charge in [0.15, 0.2) is 5.78 Å². The largest absolute Gasteiger partial charge is 0.445 e. The van der Waals surface area contributed by atoms with Crippen LogP contribution < -0.4 is 5.43 Å². The highest BCUT2D eigenvalue weighted by molar-refractivity contribution is 5.96. The molecular formula is C15H12N2O3. The highest BCUT2D eigenvalue weighted by Crippen LogP contribution is 2.19. The van der Waals surface area contributed by atoms with E-state index in [0.29, 0.717) is 16.8 Å². The molecule has 3 rings (SSSR count). The molecule has 5 heteroatoms. The lowest BCUT2D eigenvalue weighted by atomic mass is 10.1. The molecule has 100 valence electrons. The first-order valence-corrected chi connectivity index (χ1v) is 6.17. The number of aryl methyl sites for hydroxylation is 1. The van der Waals surface area contributed by atoms with E-state index in [-0.39, 0.29) is 16.8 Å². The summed E-state index contributed by atoms with van der Waals surface area (Å²) in [6.07, 6.45) is 1.20. The van der Waals surface area contributed by atoms with Gasteiger partial charge in [-0.15, -0.1) is 0 Å². The van der Waals surface area contributed by atoms with Crippen LogP contribution in [0.3, 0.4) is 0 Å². The lowest BCUT2D eigenvalue weighted by molar-refractivity contribution is 0.101. The van der Waals surface area contributed by atoms with Gasteiger partial charge < -0.3 is 4.42 Å². The second-order valence-corrected chi connectivity index (χ2v) is 4.55. The smallest absolute Gasteiger partial charge is 0.233 e. The van der Waals surface area contributed by atoms with Crippen molar-refractivity contribution < 1.29 is 9.21 Å². The van der Waals surface area contributed by atoms with Crippen LogP contribution in [-0.4, -0.2) is 15.6 Å². The van der Waals surface area contributed by atoms with Crippen molar-refractivity contribution in [2.45, 2.75) is 13.8 Å². The minimum Gasteiger partial charge on any atom is -0.445 e. The third-order valence-electron chi connectivity index (χ3n) is 3.16. The topological polar surface area (TPSA) is 65.1 Å². The number of aromatic nitrogens is 2. The minimum absolute atomic E-state index is 0.0493. The van der Waals surface area contributed by atoms with Gasteiger partial charge in [-0.05, 0) is 26.0 Å². The number of ketones is 1. The summed E-state index contributed by atoms with van der Waals surface area (Å²) < 4.78 is 7.04. The van der Waals surface area contributed by atoms with Gasteiger partial charge in [-0.25, -0.2) is 0 Å². The number of hydrogen-bond acceptors (Lipinski definition) is 4. The van der Waals surface area contributed by atoms with Crippen LogP contribution in [0.15, 0.2) is 45.8 Å². The van der Waals surface area contributed by atoms with Gasteiger partial charge in [-0.1, -0.05) is 18.2 Å². The molecule has 0 saturated carbocycles. The van der Waals surface area contributed by atoms with Crippen LogP contribution in [0.2, 0.25) is 0 Å². The van der Waals surface area contributed by atoms with E-state index < -0.39 is 0 Å². The Hall–Kier alpha value is -2.69. The SMILES string of the molecule is CC(=O)c1coc2c(c(C)nn2-c2ccccc2)c1=O. The summed E-state index contributed by atoms with van der Waals surface area (Å²) in [6.45, 7) is 3.07. The number of Topliss-reactive ketones (excluding diaryl/α,β-unsaturated/α-hetero) is 1. The van der Waals surface area contributed by atoms with Crippen LogP contribution in [-0.2, 0) is 0 Å². The molecule has 0 amide bonds. The summed E-state index contributed by atoms with van der Waals surface area (Å²) in [5.41, 5.74) is 1.40. The highest BCUT2D eigenvalue weighted by atomic mass is 16.3. The summed E-state index contributed by atoms with van der Waals surface area (Å²) in [7, 11) is 0. The maximum Gasteiger partial charge on any atom is 0.233 e. The Morgan fingerprint density at radius 3 is 2.60 bits per heavy atom. The van der Waals surface area contributed by atoms with Crippen LogP contribution in [0.4, 0.5) is 0 Å². The molecule has 2 heterocycles. The van der Waals surface area contributed by atoms with E-state index in [1.165, 1.54) is 13.2 Å². The van der Waals surface area contributed by atoms with Crippen LogP contribution >= 0.6 is 0 Å². The molecule has 3 aromatic rings. The van der Waals surface area contributed by atoms with Crippen molar-refractivity contribution in [3.8, 4) is 5.69 Å². The molecule has 0 saturated heterocycles. The summed E-state index contributed by atoms with van der Waals surface area (Å²) >= 11 is 0. The van der Waals surface area contributed by atoms with Gasteiger partial charge in [0.1, 0.15) is 17.2 Å². The fourth-order valence-corrected chi connectivity index (χ4v) is 2.17. The number of benzene rings is 1. The summed E-state index contributed by atoms with van der Waals surface area (Å²) in [5.74, 6) is -0.312. The van der Waals surface area contributed by atoms with Gasteiger partial charge in [-0.2, -0.15) is 9.78 Å². The number of carbonyl (C=O) groups excluding carboxylic acids is 1. The minimum atomic E-state index is -0.335. The number of hydrogen-bond donors (Lipinski definition) is 0. The molecule has 0 atom stereocenters. The Labute approximate surface area is 114 Å². The predicted octanol–water partition coefficient (Wildman–Crippen LogP) is 2.49. The average Bonchev–Trinajstić information content (AvgIpc) is 2.78. The van der Waals surface area contributed by atoms with Crippen molar-refractivity contribution in [1.82, 2.24) is 9.78 Å². The van der Waals surface area contributed by atoms with Crippen molar-refractivity contribution in [3.05, 3.63) is 58.1 Å². The first kappa shape index (κ1) is 12.3. The zero-order valence-electron chi connectivity index (χ0n) is 11.1. The fraction of sp³-hybridized carbons (Fsp3) is 0.133. The fourth-order valence-electron chi connectivity index (χ4n) is 2.17. The number of rotatable bonds is 2. The summed E-state index contributed by atoms with van der Waals surface area (Å²) in [5, 5.41) is 4.68. The molecule has 0 spiro atoms. The third-order valence-corrected chi connectivity index (χ3v) is 3.16. The number of carbonyl (C=O) groups is 1. The molecule has 1 aromatic carbocycles. The quantitative estimate of drug-likeness (QED) is 0.670. The average molecular weight is 268 g/mol. The maximum atomic E-state index is 12.3. The lowest BCUT2D eigenvalue weighted by Crippen LogP contribution is -2.12. The van der Waals surface area contributed by atoms with Crippen LogP contribution in [0.1, 0.15) is 23.0 Å². The first-order chi connectivity index (χ1) is 9.59. The molecule has 20 heavy (non-hydrogen) atoms. The van der Waals surface area contributed by atoms with Crippen LogP contribution in [0.5, 0.6) is 0 Å². The second-order valence-electron chi connectivity index (χ2n) is 4.55. The molecule has 0 unspecified atom stereocenters. The molecule has 0 aliphatic carbocycles. The maximum absolute atomic E-state index is 12.3. The van der Waals surface area contributed by atoms with Gasteiger partial charge in [0.2, 0.25) is 11.1 Å². The van der Waals surface area contributed by atoms with Crippen molar-refractivity contribution >= 4 is 16.9 Å². The lowest BCUT2D eigenvalue weighted by Gasteiger charge is -2.01. The van der Waals surface area contributed by atoms with E-state index in [2.05, 4.69) is 5.10 Å². The zero-order chi connectivity index (χ0) is 14.3. The molecule has 2 aromatic heterocycles. The molecule has 0 bridgehead atoms. The Morgan fingerprint density at radius 1 is 1.25 bits per heavy atom. The summed E-state index contributed by atoms with van der Waals surface area (Å²) in [6, 6.07) is 9.38. The standard InChI is InChI=1S/C15H12N2O3/c1-9-13-14(19)12(10(2)18)8-20-15(13)17(16-9)11-6-4-3-5-7-11/h3-8H,1-2H3. The first-order valence-electron chi connectivity index (χ1n) is 6.17. The molecule has 0 fully saturated rings. The van der Waals surface area contributed by atoms with E-state index in [4.69, 9.17) is 4.42 Å². The predicted molar refractivity (Wildman–Crippen MR) is 74.3 cm³/mol. The van der Waals surface area contributed by atoms with E-state index in [1.807, 2.05) is 30.3 Å². The van der Waals surface area contributed by atoms with Crippen molar-refractivity contribution in [3.63, 3.8) is 0 Å². The Bertz CT molecular complexity index is 860. The third kappa shape index (κ3) is 1.75. The number of nitrogens with zero attached hydrogens (tertiary/aromatic N) is 2. The van der Waals surface area contributed by atoms with Gasteiger partial charge in [0, 0.05) is 0 Å². The van der Waals surface area contributed by atoms with Crippen molar-refractivity contribution in [2.75, 3.05) is 0 Å². The van der Waals surface area contributed by atoms with Gasteiger partial charge >= 0.3 is 0 Å². The molecule has 0 N–H and O–H groups in total. The van der Waals surface area contributed by atoms with E-state index >= 15 is 0 Å². The molecule has 0 radical (unpaired) electrons. The van der Waals surface area contributed by atoms with Gasteiger partial charge in [-0.3, -0.25) is 9.59 Å². The van der Waals surface area contributed by atoms with E-state index in [1.54, 1.807) is 11.6 Å². The molecule has 0 aliphatic heterocycles. The Morgan fingerprint density at radius 2 is 1.95 bits per heavy atom. The van der Waals surface area contributed by atoms with Crippen molar-refractivity contribution in [1.29, 1.82) is 0 Å². The molecular weight excluding hydrogens is 256 g/mol. The Kier molecular flexibility index (Phi) is 2.75. The Balaban J connectivity index is 2.37. The van der Waals surface area contributed by atoms with Crippen molar-refractivity contribution in [2.24, 2.45) is 0 Å².